The van der Waals surface area contributed by atoms with Gasteiger partial charge in [-0.15, -0.1) is 0 Å². The second-order valence-electron chi connectivity index (χ2n) is 6.61. The molecular weight excluding hydrogens is 264 g/mol. The normalized spacial score (nSPS) is 31.0. The van der Waals surface area contributed by atoms with Gasteiger partial charge in [0.1, 0.15) is 17.8 Å². The molecule has 0 N–H and O–H groups in total. The average Bonchev–Trinajstić information content (AvgIpc) is 2.52. The van der Waals surface area contributed by atoms with Crippen LogP contribution in [0.4, 0.5) is 0 Å². The summed E-state index contributed by atoms with van der Waals surface area (Å²) in [6.45, 7) is 2.32. The second-order valence-corrected chi connectivity index (χ2v) is 6.61. The quantitative estimate of drug-likeness (QED) is 0.798. The van der Waals surface area contributed by atoms with Gasteiger partial charge in [-0.05, 0) is 54.2 Å². The fraction of sp³-hybridized carbons (Fsp3) is 0.611. The zero-order valence-corrected chi connectivity index (χ0v) is 13.1. The summed E-state index contributed by atoms with van der Waals surface area (Å²) in [5.74, 6) is 2.43. The Balaban J connectivity index is 2.14. The average molecular weight is 288 g/mol. The molecule has 0 spiro atoms. The maximum atomic E-state index is 11.5. The molecule has 0 bridgehead atoms. The number of methoxy groups -OCH3 is 2. The van der Waals surface area contributed by atoms with E-state index in [1.54, 1.807) is 14.2 Å². The first-order chi connectivity index (χ1) is 10.1. The molecule has 1 aromatic rings. The molecule has 0 radical (unpaired) electrons. The molecule has 114 valence electrons. The van der Waals surface area contributed by atoms with E-state index in [0.717, 1.165) is 43.6 Å². The van der Waals surface area contributed by atoms with E-state index in [1.165, 1.54) is 17.4 Å². The third-order valence-electron chi connectivity index (χ3n) is 5.70. The molecule has 0 aliphatic heterocycles. The third kappa shape index (κ3) is 2.14. The summed E-state index contributed by atoms with van der Waals surface area (Å²) in [4.78, 5) is 11.5. The molecule has 3 atom stereocenters. The number of benzene rings is 1. The Morgan fingerprint density at radius 1 is 1.24 bits per heavy atom. The van der Waals surface area contributed by atoms with E-state index in [4.69, 9.17) is 9.47 Å². The van der Waals surface area contributed by atoms with Gasteiger partial charge in [-0.2, -0.15) is 0 Å². The van der Waals surface area contributed by atoms with Crippen molar-refractivity contribution in [1.29, 1.82) is 0 Å². The maximum absolute atomic E-state index is 11.5. The summed E-state index contributed by atoms with van der Waals surface area (Å²) in [7, 11) is 3.41. The topological polar surface area (TPSA) is 35.5 Å². The Morgan fingerprint density at radius 3 is 2.71 bits per heavy atom. The van der Waals surface area contributed by atoms with Crippen LogP contribution in [0.15, 0.2) is 12.1 Å². The van der Waals surface area contributed by atoms with Crippen molar-refractivity contribution in [3.63, 3.8) is 0 Å². The molecule has 1 aromatic carbocycles. The minimum absolute atomic E-state index is 0.0687. The van der Waals surface area contributed by atoms with Gasteiger partial charge < -0.3 is 14.3 Å². The van der Waals surface area contributed by atoms with Crippen LogP contribution in [0.3, 0.4) is 0 Å². The van der Waals surface area contributed by atoms with Crippen molar-refractivity contribution >= 4 is 6.29 Å². The lowest BCUT2D eigenvalue weighted by molar-refractivity contribution is -0.115. The van der Waals surface area contributed by atoms with Crippen LogP contribution in [0.5, 0.6) is 11.5 Å². The molecule has 3 nitrogen and oxygen atoms in total. The largest absolute Gasteiger partial charge is 0.497 e. The predicted octanol–water partition coefficient (Wildman–Crippen LogP) is 3.52. The van der Waals surface area contributed by atoms with Gasteiger partial charge in [-0.25, -0.2) is 0 Å². The van der Waals surface area contributed by atoms with E-state index in [2.05, 4.69) is 13.0 Å². The summed E-state index contributed by atoms with van der Waals surface area (Å²) >= 11 is 0. The summed E-state index contributed by atoms with van der Waals surface area (Å²) < 4.78 is 11.0. The predicted molar refractivity (Wildman–Crippen MR) is 82.1 cm³/mol. The number of carbonyl (C=O) groups excluding carboxylic acids is 1. The minimum atomic E-state index is 0.0687. The number of rotatable bonds is 3. The number of ether oxygens (including phenoxy) is 2. The third-order valence-corrected chi connectivity index (χ3v) is 5.70. The molecular formula is C18H24O3. The Labute approximate surface area is 126 Å². The first-order valence-corrected chi connectivity index (χ1v) is 7.84. The van der Waals surface area contributed by atoms with Gasteiger partial charge in [0.25, 0.3) is 0 Å². The van der Waals surface area contributed by atoms with Gasteiger partial charge in [-0.1, -0.05) is 13.3 Å². The molecule has 0 unspecified atom stereocenters. The highest BCUT2D eigenvalue weighted by molar-refractivity contribution is 5.58. The standard InChI is InChI=1S/C18H24O3/c1-18-8-4-5-12(11-19)15(18)7-6-14-16(18)9-13(20-2)10-17(14)21-3/h9-12,15H,4-8H2,1-3H3/t12-,15-,18-/m1/s1. The van der Waals surface area contributed by atoms with Crippen molar-refractivity contribution < 1.29 is 14.3 Å². The van der Waals surface area contributed by atoms with E-state index >= 15 is 0 Å². The van der Waals surface area contributed by atoms with Crippen LogP contribution in [-0.2, 0) is 16.6 Å². The Morgan fingerprint density at radius 2 is 2.05 bits per heavy atom. The molecule has 3 rings (SSSR count). The Kier molecular flexibility index (Phi) is 3.68. The van der Waals surface area contributed by atoms with E-state index in [9.17, 15) is 4.79 Å². The molecule has 0 aromatic heterocycles. The monoisotopic (exact) mass is 288 g/mol. The maximum Gasteiger partial charge on any atom is 0.126 e. The lowest BCUT2D eigenvalue weighted by Crippen LogP contribution is -2.44. The SMILES string of the molecule is COc1cc(OC)c2c(c1)[C@]1(C)CCC[C@H](C=O)[C@H]1CC2. The highest BCUT2D eigenvalue weighted by Gasteiger charge is 2.47. The first kappa shape index (κ1) is 14.4. The lowest BCUT2D eigenvalue weighted by atomic mass is 9.55. The van der Waals surface area contributed by atoms with Crippen molar-refractivity contribution in [2.24, 2.45) is 11.8 Å². The molecule has 1 saturated carbocycles. The van der Waals surface area contributed by atoms with Gasteiger partial charge in [0, 0.05) is 12.0 Å². The van der Waals surface area contributed by atoms with Gasteiger partial charge in [-0.3, -0.25) is 0 Å². The number of hydrogen-bond donors (Lipinski definition) is 0. The molecule has 0 saturated heterocycles. The van der Waals surface area contributed by atoms with E-state index < -0.39 is 0 Å². The van der Waals surface area contributed by atoms with Crippen LogP contribution in [-0.4, -0.2) is 20.5 Å². The van der Waals surface area contributed by atoms with E-state index in [-0.39, 0.29) is 11.3 Å². The zero-order valence-electron chi connectivity index (χ0n) is 13.1. The van der Waals surface area contributed by atoms with Crippen LogP contribution < -0.4 is 9.47 Å². The van der Waals surface area contributed by atoms with Gasteiger partial charge in [0.05, 0.1) is 14.2 Å². The molecule has 21 heavy (non-hydrogen) atoms. The molecule has 0 amide bonds. The number of hydrogen-bond acceptors (Lipinski definition) is 3. The van der Waals surface area contributed by atoms with Crippen LogP contribution >= 0.6 is 0 Å². The summed E-state index contributed by atoms with van der Waals surface area (Å²) in [6, 6.07) is 4.14. The van der Waals surface area contributed by atoms with Crippen molar-refractivity contribution in [2.45, 2.75) is 44.4 Å². The van der Waals surface area contributed by atoms with Crippen molar-refractivity contribution in [1.82, 2.24) is 0 Å². The van der Waals surface area contributed by atoms with Crippen LogP contribution in [0.1, 0.15) is 43.7 Å². The van der Waals surface area contributed by atoms with Crippen molar-refractivity contribution in [2.75, 3.05) is 14.2 Å². The van der Waals surface area contributed by atoms with Gasteiger partial charge in [0.2, 0.25) is 0 Å². The lowest BCUT2D eigenvalue weighted by Gasteiger charge is -2.49. The highest BCUT2D eigenvalue weighted by Crippen LogP contribution is 2.54. The fourth-order valence-corrected chi connectivity index (χ4v) is 4.58. The first-order valence-electron chi connectivity index (χ1n) is 7.84. The second kappa shape index (κ2) is 5.36. The number of fused-ring (bicyclic) bond motifs is 3. The summed E-state index contributed by atoms with van der Waals surface area (Å²) in [5, 5.41) is 0. The van der Waals surface area contributed by atoms with E-state index in [1.807, 2.05) is 6.07 Å². The van der Waals surface area contributed by atoms with Gasteiger partial charge >= 0.3 is 0 Å². The highest BCUT2D eigenvalue weighted by atomic mass is 16.5. The van der Waals surface area contributed by atoms with E-state index in [0.29, 0.717) is 5.92 Å². The Bertz CT molecular complexity index is 552. The molecule has 1 fully saturated rings. The van der Waals surface area contributed by atoms with Crippen LogP contribution in [0.2, 0.25) is 0 Å². The molecule has 2 aliphatic rings. The zero-order chi connectivity index (χ0) is 15.0. The molecule has 0 heterocycles. The van der Waals surface area contributed by atoms with Crippen LogP contribution in [0.25, 0.3) is 0 Å². The van der Waals surface area contributed by atoms with Gasteiger partial charge in [0.15, 0.2) is 0 Å². The van der Waals surface area contributed by atoms with Crippen molar-refractivity contribution in [3.05, 3.63) is 23.3 Å². The molecule has 3 heteroatoms. The van der Waals surface area contributed by atoms with Crippen LogP contribution in [0, 0.1) is 11.8 Å². The molecule has 2 aliphatic carbocycles. The summed E-state index contributed by atoms with van der Waals surface area (Å²) in [5.41, 5.74) is 2.71. The Hall–Kier alpha value is -1.51. The fourth-order valence-electron chi connectivity index (χ4n) is 4.58. The number of aldehydes is 1. The smallest absolute Gasteiger partial charge is 0.126 e. The summed E-state index contributed by atoms with van der Waals surface area (Å²) in [6.07, 6.45) is 6.56. The number of carbonyl (C=O) groups is 1. The minimum Gasteiger partial charge on any atom is -0.497 e. The van der Waals surface area contributed by atoms with Crippen molar-refractivity contribution in [3.8, 4) is 11.5 Å².